The number of allylic oxidation sites excluding steroid dienone is 1. The van der Waals surface area contributed by atoms with Gasteiger partial charge in [-0.3, -0.25) is 0 Å². The van der Waals surface area contributed by atoms with Crippen molar-refractivity contribution in [2.75, 3.05) is 0 Å². The Bertz CT molecular complexity index is 1090. The van der Waals surface area contributed by atoms with Gasteiger partial charge in [-0.1, -0.05) is 60.7 Å². The second-order valence-corrected chi connectivity index (χ2v) is 7.15. The molecule has 0 spiro atoms. The summed E-state index contributed by atoms with van der Waals surface area (Å²) in [4.78, 5) is 0. The molecule has 0 fully saturated rings. The molecular weight excluding hydrogens is 417 g/mol. The van der Waals surface area contributed by atoms with Crippen molar-refractivity contribution >= 4 is 55.8 Å². The molecular formula is C23H14IN. The van der Waals surface area contributed by atoms with E-state index < -0.39 is 0 Å². The van der Waals surface area contributed by atoms with E-state index in [9.17, 15) is 5.26 Å². The Hall–Kier alpha value is -2.64. The largest absolute Gasteiger partial charge is 0.192 e. The molecule has 0 bridgehead atoms. The predicted molar refractivity (Wildman–Crippen MR) is 114 cm³/mol. The van der Waals surface area contributed by atoms with Gasteiger partial charge < -0.3 is 0 Å². The first kappa shape index (κ1) is 15.9. The van der Waals surface area contributed by atoms with Crippen LogP contribution in [0.25, 0.3) is 33.2 Å². The van der Waals surface area contributed by atoms with Crippen LogP contribution in [0.4, 0.5) is 0 Å². The quantitative estimate of drug-likeness (QED) is 0.151. The lowest BCUT2D eigenvalue weighted by Crippen LogP contribution is -1.86. The summed E-state index contributed by atoms with van der Waals surface area (Å²) in [7, 11) is 0. The van der Waals surface area contributed by atoms with E-state index in [0.717, 1.165) is 14.7 Å². The fourth-order valence-corrected chi connectivity index (χ4v) is 3.52. The highest BCUT2D eigenvalue weighted by Crippen LogP contribution is 2.31. The van der Waals surface area contributed by atoms with Crippen LogP contribution in [0.1, 0.15) is 11.1 Å². The fourth-order valence-electron chi connectivity index (χ4n) is 3.16. The van der Waals surface area contributed by atoms with E-state index in [0.29, 0.717) is 5.57 Å². The molecule has 118 valence electrons. The Labute approximate surface area is 160 Å². The van der Waals surface area contributed by atoms with Crippen LogP contribution in [0.15, 0.2) is 78.9 Å². The van der Waals surface area contributed by atoms with E-state index in [1.807, 2.05) is 42.5 Å². The maximum absolute atomic E-state index is 9.73. The Morgan fingerprint density at radius 1 is 0.800 bits per heavy atom. The lowest BCUT2D eigenvalue weighted by Gasteiger charge is -2.09. The molecule has 0 aliphatic heterocycles. The third kappa shape index (κ3) is 3.04. The van der Waals surface area contributed by atoms with Crippen molar-refractivity contribution in [1.29, 1.82) is 5.26 Å². The first-order chi connectivity index (χ1) is 12.3. The van der Waals surface area contributed by atoms with E-state index in [1.54, 1.807) is 0 Å². The lowest BCUT2D eigenvalue weighted by atomic mass is 9.94. The molecule has 25 heavy (non-hydrogen) atoms. The van der Waals surface area contributed by atoms with Crippen molar-refractivity contribution in [3.8, 4) is 6.07 Å². The standard InChI is InChI=1S/C23H14IN/c24-20-11-9-16(10-12-20)19(15-25)14-23-21-7-3-1-5-17(21)13-18-6-2-4-8-22(18)23/h1-14H/b19-14-. The van der Waals surface area contributed by atoms with Crippen LogP contribution in [-0.2, 0) is 0 Å². The minimum Gasteiger partial charge on any atom is -0.192 e. The first-order valence-electron chi connectivity index (χ1n) is 8.04. The number of nitrogens with zero attached hydrogens (tertiary/aromatic N) is 1. The summed E-state index contributed by atoms with van der Waals surface area (Å²) in [5.41, 5.74) is 2.72. The topological polar surface area (TPSA) is 23.8 Å². The number of hydrogen-bond donors (Lipinski definition) is 0. The molecule has 0 atom stereocenters. The third-order valence-corrected chi connectivity index (χ3v) is 5.10. The van der Waals surface area contributed by atoms with Gasteiger partial charge in [0.1, 0.15) is 0 Å². The summed E-state index contributed by atoms with van der Waals surface area (Å²) in [5, 5.41) is 14.4. The number of halogens is 1. The van der Waals surface area contributed by atoms with Crippen molar-refractivity contribution in [1.82, 2.24) is 0 Å². The van der Waals surface area contributed by atoms with Gasteiger partial charge in [0.2, 0.25) is 0 Å². The number of benzene rings is 4. The smallest absolute Gasteiger partial charge is 0.0998 e. The van der Waals surface area contributed by atoms with Gasteiger partial charge in [0.25, 0.3) is 0 Å². The molecule has 0 aromatic heterocycles. The van der Waals surface area contributed by atoms with Crippen LogP contribution in [0.5, 0.6) is 0 Å². The molecule has 0 aliphatic carbocycles. The van der Waals surface area contributed by atoms with E-state index in [1.165, 1.54) is 21.5 Å². The van der Waals surface area contributed by atoms with E-state index >= 15 is 0 Å². The number of hydrogen-bond acceptors (Lipinski definition) is 1. The Morgan fingerprint density at radius 3 is 1.92 bits per heavy atom. The zero-order valence-corrected chi connectivity index (χ0v) is 15.6. The molecule has 0 saturated heterocycles. The summed E-state index contributed by atoms with van der Waals surface area (Å²) in [6.07, 6.45) is 2.02. The highest BCUT2D eigenvalue weighted by atomic mass is 127. The third-order valence-electron chi connectivity index (χ3n) is 4.38. The van der Waals surface area contributed by atoms with E-state index in [2.05, 4.69) is 71.1 Å². The van der Waals surface area contributed by atoms with Gasteiger partial charge in [-0.05, 0) is 79.5 Å². The van der Waals surface area contributed by atoms with Gasteiger partial charge in [0, 0.05) is 3.57 Å². The molecule has 0 N–H and O–H groups in total. The zero-order chi connectivity index (χ0) is 17.2. The highest BCUT2D eigenvalue weighted by Gasteiger charge is 2.08. The molecule has 1 nitrogen and oxygen atoms in total. The van der Waals surface area contributed by atoms with Crippen molar-refractivity contribution in [2.24, 2.45) is 0 Å². The number of fused-ring (bicyclic) bond motifs is 2. The Morgan fingerprint density at radius 2 is 1.36 bits per heavy atom. The van der Waals surface area contributed by atoms with Crippen molar-refractivity contribution in [3.05, 3.63) is 93.6 Å². The minimum absolute atomic E-state index is 0.679. The molecule has 0 unspecified atom stereocenters. The number of nitriles is 1. The second kappa shape index (κ2) is 6.70. The van der Waals surface area contributed by atoms with E-state index in [4.69, 9.17) is 0 Å². The molecule has 2 heteroatoms. The lowest BCUT2D eigenvalue weighted by molar-refractivity contribution is 1.52. The maximum Gasteiger partial charge on any atom is 0.0998 e. The maximum atomic E-state index is 9.73. The molecule has 4 aromatic rings. The van der Waals surface area contributed by atoms with Crippen LogP contribution < -0.4 is 0 Å². The summed E-state index contributed by atoms with van der Waals surface area (Å²) in [5.74, 6) is 0. The average molecular weight is 431 g/mol. The number of rotatable bonds is 2. The normalized spacial score (nSPS) is 11.6. The zero-order valence-electron chi connectivity index (χ0n) is 13.4. The van der Waals surface area contributed by atoms with Crippen molar-refractivity contribution in [2.45, 2.75) is 0 Å². The molecule has 0 radical (unpaired) electrons. The van der Waals surface area contributed by atoms with Crippen molar-refractivity contribution in [3.63, 3.8) is 0 Å². The van der Waals surface area contributed by atoms with Gasteiger partial charge in [-0.15, -0.1) is 0 Å². The summed E-state index contributed by atoms with van der Waals surface area (Å²) in [6.45, 7) is 0. The highest BCUT2D eigenvalue weighted by molar-refractivity contribution is 14.1. The van der Waals surface area contributed by atoms with Gasteiger partial charge in [-0.25, -0.2) is 0 Å². The van der Waals surface area contributed by atoms with Gasteiger partial charge in [0.15, 0.2) is 0 Å². The molecule has 0 aliphatic rings. The van der Waals surface area contributed by atoms with Crippen LogP contribution in [-0.4, -0.2) is 0 Å². The molecule has 4 aromatic carbocycles. The predicted octanol–water partition coefficient (Wildman–Crippen LogP) is 6.66. The molecule has 0 saturated carbocycles. The van der Waals surface area contributed by atoms with Crippen LogP contribution >= 0.6 is 22.6 Å². The van der Waals surface area contributed by atoms with Gasteiger partial charge in [0.05, 0.1) is 11.6 Å². The van der Waals surface area contributed by atoms with Crippen molar-refractivity contribution < 1.29 is 0 Å². The summed E-state index contributed by atoms with van der Waals surface area (Å²) >= 11 is 2.28. The summed E-state index contributed by atoms with van der Waals surface area (Å²) in [6, 6.07) is 29.3. The van der Waals surface area contributed by atoms with Gasteiger partial charge in [-0.2, -0.15) is 5.26 Å². The summed E-state index contributed by atoms with van der Waals surface area (Å²) < 4.78 is 1.16. The van der Waals surface area contributed by atoms with Crippen LogP contribution in [0.2, 0.25) is 0 Å². The van der Waals surface area contributed by atoms with Crippen LogP contribution in [0, 0.1) is 14.9 Å². The van der Waals surface area contributed by atoms with Crippen LogP contribution in [0.3, 0.4) is 0 Å². The molecule has 0 amide bonds. The SMILES string of the molecule is N#C/C(=C/c1c2ccccc2cc2ccccc12)c1ccc(I)cc1. The average Bonchev–Trinajstić information content (AvgIpc) is 2.66. The van der Waals surface area contributed by atoms with Gasteiger partial charge >= 0.3 is 0 Å². The van der Waals surface area contributed by atoms with E-state index in [-0.39, 0.29) is 0 Å². The monoisotopic (exact) mass is 431 g/mol. The second-order valence-electron chi connectivity index (χ2n) is 5.91. The molecule has 0 heterocycles. The minimum atomic E-state index is 0.679. The first-order valence-corrected chi connectivity index (χ1v) is 9.12. The Balaban J connectivity index is 2.03. The molecule has 4 rings (SSSR count). The fraction of sp³-hybridized carbons (Fsp3) is 0. The Kier molecular flexibility index (Phi) is 4.25.